The molecule has 1 amide bonds. The van der Waals surface area contributed by atoms with Crippen molar-refractivity contribution in [2.75, 3.05) is 13.2 Å². The van der Waals surface area contributed by atoms with Gasteiger partial charge in [0.1, 0.15) is 6.33 Å². The van der Waals surface area contributed by atoms with Crippen LogP contribution < -0.4 is 0 Å². The molecular formula is C17H17N3O3. The van der Waals surface area contributed by atoms with Crippen LogP contribution in [0.3, 0.4) is 0 Å². The summed E-state index contributed by atoms with van der Waals surface area (Å²) in [4.78, 5) is 31.2. The zero-order chi connectivity index (χ0) is 16.1. The molecule has 1 atom stereocenters. The molecular weight excluding hydrogens is 294 g/mol. The van der Waals surface area contributed by atoms with E-state index in [2.05, 4.69) is 4.98 Å². The second kappa shape index (κ2) is 4.94. The zero-order valence-electron chi connectivity index (χ0n) is 13.1. The molecule has 2 aromatic rings. The van der Waals surface area contributed by atoms with Crippen LogP contribution in [-0.4, -0.2) is 39.5 Å². The average Bonchev–Trinajstić information content (AvgIpc) is 2.87. The van der Waals surface area contributed by atoms with Gasteiger partial charge in [0.15, 0.2) is 5.69 Å². The Bertz CT molecular complexity index is 824. The summed E-state index contributed by atoms with van der Waals surface area (Å²) < 4.78 is 6.99. The minimum Gasteiger partial charge on any atom is -0.461 e. The summed E-state index contributed by atoms with van der Waals surface area (Å²) in [7, 11) is 0. The van der Waals surface area contributed by atoms with Gasteiger partial charge < -0.3 is 9.64 Å². The fourth-order valence-corrected chi connectivity index (χ4v) is 3.41. The van der Waals surface area contributed by atoms with Crippen LogP contribution in [0, 0.1) is 6.92 Å². The first-order valence-corrected chi connectivity index (χ1v) is 7.78. The first kappa shape index (κ1) is 14.0. The second-order valence-electron chi connectivity index (χ2n) is 5.84. The number of benzene rings is 1. The molecule has 1 aromatic carbocycles. The molecule has 0 saturated carbocycles. The quantitative estimate of drug-likeness (QED) is 0.798. The van der Waals surface area contributed by atoms with Gasteiger partial charge in [-0.2, -0.15) is 0 Å². The van der Waals surface area contributed by atoms with Crippen LogP contribution in [0.5, 0.6) is 0 Å². The molecule has 23 heavy (non-hydrogen) atoms. The Morgan fingerprint density at radius 1 is 1.43 bits per heavy atom. The number of aromatic nitrogens is 2. The molecule has 6 nitrogen and oxygen atoms in total. The average molecular weight is 311 g/mol. The molecule has 4 rings (SSSR count). The predicted molar refractivity (Wildman–Crippen MR) is 82.7 cm³/mol. The minimum absolute atomic E-state index is 0.0212. The Kier molecular flexibility index (Phi) is 3.01. The van der Waals surface area contributed by atoms with E-state index in [0.717, 1.165) is 23.4 Å². The SMILES string of the molecule is CCOC(=O)c1ncn2c1[C@@H]1CCN1C(=O)c1c(C)cccc1-2. The number of esters is 1. The molecule has 1 fully saturated rings. The summed E-state index contributed by atoms with van der Waals surface area (Å²) in [5.41, 5.74) is 3.46. The Hall–Kier alpha value is -2.63. The largest absolute Gasteiger partial charge is 0.461 e. The summed E-state index contributed by atoms with van der Waals surface area (Å²) in [6.07, 6.45) is 2.45. The number of rotatable bonds is 2. The van der Waals surface area contributed by atoms with Crippen LogP contribution in [0.2, 0.25) is 0 Å². The fourth-order valence-electron chi connectivity index (χ4n) is 3.41. The van der Waals surface area contributed by atoms with Crippen molar-refractivity contribution in [1.29, 1.82) is 0 Å². The monoisotopic (exact) mass is 311 g/mol. The number of hydrogen-bond donors (Lipinski definition) is 0. The van der Waals surface area contributed by atoms with E-state index in [4.69, 9.17) is 4.74 Å². The van der Waals surface area contributed by atoms with Gasteiger partial charge >= 0.3 is 5.97 Å². The van der Waals surface area contributed by atoms with Crippen molar-refractivity contribution in [3.8, 4) is 5.69 Å². The number of carbonyl (C=O) groups excluding carboxylic acids is 2. The van der Waals surface area contributed by atoms with Crippen LogP contribution in [0.4, 0.5) is 0 Å². The lowest BCUT2D eigenvalue weighted by Crippen LogP contribution is -2.45. The van der Waals surface area contributed by atoms with E-state index in [0.29, 0.717) is 24.4 Å². The van der Waals surface area contributed by atoms with Crippen LogP contribution >= 0.6 is 0 Å². The van der Waals surface area contributed by atoms with Crippen molar-refractivity contribution in [1.82, 2.24) is 14.5 Å². The van der Waals surface area contributed by atoms with Crippen molar-refractivity contribution in [2.24, 2.45) is 0 Å². The third kappa shape index (κ3) is 1.84. The summed E-state index contributed by atoms with van der Waals surface area (Å²) >= 11 is 0. The molecule has 6 heteroatoms. The number of imidazole rings is 1. The van der Waals surface area contributed by atoms with Crippen LogP contribution in [0.25, 0.3) is 5.69 Å². The standard InChI is InChI=1S/C17H17N3O3/c1-3-23-17(22)14-15-12-7-8-19(12)16(21)13-10(2)5-4-6-11(13)20(15)9-18-14/h4-6,9,12H,3,7-8H2,1-2H3/t12-/m0/s1. The third-order valence-corrected chi connectivity index (χ3v) is 4.59. The Balaban J connectivity index is 1.97. The third-order valence-electron chi connectivity index (χ3n) is 4.59. The number of ether oxygens (including phenoxy) is 1. The van der Waals surface area contributed by atoms with Gasteiger partial charge in [-0.15, -0.1) is 0 Å². The number of aryl methyl sites for hydroxylation is 1. The van der Waals surface area contributed by atoms with Crippen molar-refractivity contribution in [3.63, 3.8) is 0 Å². The molecule has 0 aliphatic carbocycles. The molecule has 0 bridgehead atoms. The van der Waals surface area contributed by atoms with Crippen molar-refractivity contribution >= 4 is 11.9 Å². The van der Waals surface area contributed by atoms with Gasteiger partial charge in [-0.25, -0.2) is 9.78 Å². The highest BCUT2D eigenvalue weighted by Gasteiger charge is 2.43. The van der Waals surface area contributed by atoms with Crippen molar-refractivity contribution < 1.29 is 14.3 Å². The van der Waals surface area contributed by atoms with Crippen LogP contribution in [0.1, 0.15) is 51.5 Å². The predicted octanol–water partition coefficient (Wildman–Crippen LogP) is 2.26. The van der Waals surface area contributed by atoms with E-state index < -0.39 is 5.97 Å². The maximum atomic E-state index is 12.9. The number of fused-ring (bicyclic) bond motifs is 5. The molecule has 0 N–H and O–H groups in total. The van der Waals surface area contributed by atoms with Gasteiger partial charge in [-0.05, 0) is 31.9 Å². The number of nitrogens with zero attached hydrogens (tertiary/aromatic N) is 3. The first-order valence-electron chi connectivity index (χ1n) is 7.78. The minimum atomic E-state index is -0.434. The van der Waals surface area contributed by atoms with Gasteiger partial charge in [0.2, 0.25) is 0 Å². The Morgan fingerprint density at radius 3 is 2.96 bits per heavy atom. The number of amides is 1. The maximum absolute atomic E-state index is 12.9. The summed E-state index contributed by atoms with van der Waals surface area (Å²) in [6, 6.07) is 5.63. The summed E-state index contributed by atoms with van der Waals surface area (Å²) in [5.74, 6) is -0.412. The Morgan fingerprint density at radius 2 is 2.26 bits per heavy atom. The molecule has 1 aromatic heterocycles. The van der Waals surface area contributed by atoms with E-state index in [9.17, 15) is 9.59 Å². The molecule has 1 saturated heterocycles. The summed E-state index contributed by atoms with van der Waals surface area (Å²) in [5, 5.41) is 0. The molecule has 3 heterocycles. The van der Waals surface area contributed by atoms with E-state index in [1.54, 1.807) is 13.3 Å². The molecule has 0 unspecified atom stereocenters. The van der Waals surface area contributed by atoms with Crippen molar-refractivity contribution in [2.45, 2.75) is 26.3 Å². The topological polar surface area (TPSA) is 64.4 Å². The molecule has 118 valence electrons. The second-order valence-corrected chi connectivity index (χ2v) is 5.84. The maximum Gasteiger partial charge on any atom is 0.358 e. The lowest BCUT2D eigenvalue weighted by molar-refractivity contribution is 0.0427. The highest BCUT2D eigenvalue weighted by molar-refractivity contribution is 6.01. The van der Waals surface area contributed by atoms with Gasteiger partial charge in [0.05, 0.1) is 29.6 Å². The van der Waals surface area contributed by atoms with E-state index in [1.807, 2.05) is 34.6 Å². The highest BCUT2D eigenvalue weighted by atomic mass is 16.5. The highest BCUT2D eigenvalue weighted by Crippen LogP contribution is 2.41. The molecule has 0 radical (unpaired) electrons. The van der Waals surface area contributed by atoms with Gasteiger partial charge in [0.25, 0.3) is 5.91 Å². The molecule has 0 spiro atoms. The normalized spacial score (nSPS) is 18.4. The van der Waals surface area contributed by atoms with Gasteiger partial charge in [-0.1, -0.05) is 12.1 Å². The first-order chi connectivity index (χ1) is 11.1. The van der Waals surface area contributed by atoms with Crippen molar-refractivity contribution in [3.05, 3.63) is 47.0 Å². The number of hydrogen-bond acceptors (Lipinski definition) is 4. The lowest BCUT2D eigenvalue weighted by Gasteiger charge is -2.39. The zero-order valence-corrected chi connectivity index (χ0v) is 13.1. The van der Waals surface area contributed by atoms with Crippen LogP contribution in [-0.2, 0) is 4.74 Å². The summed E-state index contributed by atoms with van der Waals surface area (Å²) in [6.45, 7) is 4.70. The number of carbonyl (C=O) groups is 2. The lowest BCUT2D eigenvalue weighted by atomic mass is 9.97. The fraction of sp³-hybridized carbons (Fsp3) is 0.353. The van der Waals surface area contributed by atoms with Crippen LogP contribution in [0.15, 0.2) is 24.5 Å². The van der Waals surface area contributed by atoms with Gasteiger partial charge in [0, 0.05) is 6.54 Å². The van der Waals surface area contributed by atoms with E-state index >= 15 is 0 Å². The smallest absolute Gasteiger partial charge is 0.358 e. The Labute approximate surface area is 133 Å². The molecule has 2 aliphatic heterocycles. The van der Waals surface area contributed by atoms with Gasteiger partial charge in [-0.3, -0.25) is 9.36 Å². The van der Waals surface area contributed by atoms with E-state index in [1.165, 1.54) is 0 Å². The molecule has 2 aliphatic rings. The van der Waals surface area contributed by atoms with E-state index in [-0.39, 0.29) is 11.9 Å².